The molecule has 0 spiro atoms. The summed E-state index contributed by atoms with van der Waals surface area (Å²) >= 11 is 0. The van der Waals surface area contributed by atoms with E-state index in [0.29, 0.717) is 18.3 Å². The molecular weight excluding hydrogens is 372 g/mol. The monoisotopic (exact) mass is 400 g/mol. The summed E-state index contributed by atoms with van der Waals surface area (Å²) in [5, 5.41) is 2.71. The van der Waals surface area contributed by atoms with Crippen molar-refractivity contribution < 1.29 is 19.0 Å². The zero-order valence-corrected chi connectivity index (χ0v) is 17.2. The van der Waals surface area contributed by atoms with Gasteiger partial charge in [-0.1, -0.05) is 12.1 Å². The van der Waals surface area contributed by atoms with Gasteiger partial charge in [0, 0.05) is 43.3 Å². The number of aromatic nitrogens is 2. The minimum atomic E-state index is -0.534. The highest BCUT2D eigenvalue weighted by Crippen LogP contribution is 2.21. The van der Waals surface area contributed by atoms with Gasteiger partial charge in [0.2, 0.25) is 0 Å². The van der Waals surface area contributed by atoms with Crippen molar-refractivity contribution in [3.63, 3.8) is 0 Å². The Morgan fingerprint density at radius 3 is 2.38 bits per heavy atom. The summed E-state index contributed by atoms with van der Waals surface area (Å²) in [6, 6.07) is 7.78. The predicted molar refractivity (Wildman–Crippen MR) is 110 cm³/mol. The Morgan fingerprint density at radius 2 is 1.76 bits per heavy atom. The van der Waals surface area contributed by atoms with Crippen molar-refractivity contribution in [2.24, 2.45) is 0 Å². The fourth-order valence-electron chi connectivity index (χ4n) is 2.80. The number of nitrogens with one attached hydrogen (secondary N) is 1. The molecule has 1 aliphatic heterocycles. The van der Waals surface area contributed by atoms with Crippen molar-refractivity contribution >= 4 is 11.8 Å². The SMILES string of the molecule is CC(C)(C)OC(=O)Nc1ccc(-c2cnc(OCCN3CCOCC3)nc2)cc1. The van der Waals surface area contributed by atoms with Gasteiger partial charge in [-0.3, -0.25) is 10.2 Å². The molecular formula is C21H28N4O4. The van der Waals surface area contributed by atoms with Crippen LogP contribution in [0.2, 0.25) is 0 Å². The van der Waals surface area contributed by atoms with Crippen LogP contribution in [-0.2, 0) is 9.47 Å². The van der Waals surface area contributed by atoms with Crippen molar-refractivity contribution in [2.75, 3.05) is 44.8 Å². The van der Waals surface area contributed by atoms with Gasteiger partial charge >= 0.3 is 12.1 Å². The smallest absolute Gasteiger partial charge is 0.412 e. The number of amides is 1. The average molecular weight is 400 g/mol. The van der Waals surface area contributed by atoms with Crippen LogP contribution in [0.25, 0.3) is 11.1 Å². The summed E-state index contributed by atoms with van der Waals surface area (Å²) in [5.74, 6) is 0. The van der Waals surface area contributed by atoms with Crippen LogP contribution >= 0.6 is 0 Å². The van der Waals surface area contributed by atoms with E-state index < -0.39 is 11.7 Å². The Labute approximate surface area is 171 Å². The molecule has 2 heterocycles. The van der Waals surface area contributed by atoms with Crippen LogP contribution in [0.15, 0.2) is 36.7 Å². The normalized spacial score (nSPS) is 15.0. The van der Waals surface area contributed by atoms with Gasteiger partial charge in [0.1, 0.15) is 12.2 Å². The van der Waals surface area contributed by atoms with E-state index >= 15 is 0 Å². The largest absolute Gasteiger partial charge is 0.462 e. The second-order valence-corrected chi connectivity index (χ2v) is 7.76. The fraction of sp³-hybridized carbons (Fsp3) is 0.476. The van der Waals surface area contributed by atoms with Gasteiger partial charge in [-0.15, -0.1) is 0 Å². The number of hydrogen-bond donors (Lipinski definition) is 1. The Morgan fingerprint density at radius 1 is 1.10 bits per heavy atom. The topological polar surface area (TPSA) is 85.8 Å². The van der Waals surface area contributed by atoms with E-state index in [4.69, 9.17) is 14.2 Å². The molecule has 0 radical (unpaired) electrons. The summed E-state index contributed by atoms with van der Waals surface area (Å²) in [7, 11) is 0. The number of hydrogen-bond acceptors (Lipinski definition) is 7. The first-order chi connectivity index (χ1) is 13.9. The summed E-state index contributed by atoms with van der Waals surface area (Å²) in [6.07, 6.45) is 2.98. The second-order valence-electron chi connectivity index (χ2n) is 7.76. The standard InChI is InChI=1S/C21H28N4O4/c1-21(2,3)29-20(26)24-18-6-4-16(5-7-18)17-14-22-19(23-15-17)28-13-10-25-8-11-27-12-9-25/h4-7,14-15H,8-13H2,1-3H3,(H,24,26). The van der Waals surface area contributed by atoms with E-state index in [1.807, 2.05) is 45.0 Å². The van der Waals surface area contributed by atoms with Crippen molar-refractivity contribution in [2.45, 2.75) is 26.4 Å². The van der Waals surface area contributed by atoms with E-state index in [1.54, 1.807) is 12.4 Å². The first kappa shape index (κ1) is 21.0. The zero-order chi connectivity index (χ0) is 20.7. The lowest BCUT2D eigenvalue weighted by atomic mass is 10.1. The Kier molecular flexibility index (Phi) is 7.00. The molecule has 0 saturated carbocycles. The molecule has 2 aromatic rings. The minimum Gasteiger partial charge on any atom is -0.462 e. The number of rotatable bonds is 6. The molecule has 3 rings (SSSR count). The van der Waals surface area contributed by atoms with Crippen LogP contribution in [0.4, 0.5) is 10.5 Å². The Bertz CT molecular complexity index is 782. The fourth-order valence-corrected chi connectivity index (χ4v) is 2.80. The maximum atomic E-state index is 11.8. The summed E-state index contributed by atoms with van der Waals surface area (Å²) in [5.41, 5.74) is 1.94. The molecule has 1 aromatic heterocycles. The predicted octanol–water partition coefficient (Wildman–Crippen LogP) is 3.20. The number of morpholine rings is 1. The molecule has 1 aromatic carbocycles. The number of benzene rings is 1. The van der Waals surface area contributed by atoms with Crippen LogP contribution in [0.3, 0.4) is 0 Å². The molecule has 0 aliphatic carbocycles. The third-order valence-corrected chi connectivity index (χ3v) is 4.23. The van der Waals surface area contributed by atoms with Gasteiger partial charge in [-0.05, 0) is 38.5 Å². The van der Waals surface area contributed by atoms with Gasteiger partial charge in [0.25, 0.3) is 0 Å². The number of nitrogens with zero attached hydrogens (tertiary/aromatic N) is 3. The summed E-state index contributed by atoms with van der Waals surface area (Å²) in [6.45, 7) is 10.3. The second kappa shape index (κ2) is 9.67. The first-order valence-corrected chi connectivity index (χ1v) is 9.74. The highest BCUT2D eigenvalue weighted by atomic mass is 16.6. The number of carbonyl (C=O) groups is 1. The molecule has 8 heteroatoms. The Hall–Kier alpha value is -2.71. The van der Waals surface area contributed by atoms with Gasteiger partial charge in [-0.2, -0.15) is 0 Å². The molecule has 0 unspecified atom stereocenters. The first-order valence-electron chi connectivity index (χ1n) is 9.74. The van der Waals surface area contributed by atoms with Crippen LogP contribution in [-0.4, -0.2) is 66.0 Å². The zero-order valence-electron chi connectivity index (χ0n) is 17.2. The van der Waals surface area contributed by atoms with Crippen molar-refractivity contribution in [3.05, 3.63) is 36.7 Å². The van der Waals surface area contributed by atoms with Crippen LogP contribution in [0.5, 0.6) is 6.01 Å². The quantitative estimate of drug-likeness (QED) is 0.797. The molecule has 1 fully saturated rings. The average Bonchev–Trinajstić information content (AvgIpc) is 2.68. The molecule has 1 amide bonds. The van der Waals surface area contributed by atoms with Gasteiger partial charge < -0.3 is 14.2 Å². The van der Waals surface area contributed by atoms with Crippen molar-refractivity contribution in [1.29, 1.82) is 0 Å². The van der Waals surface area contributed by atoms with Crippen LogP contribution in [0, 0.1) is 0 Å². The van der Waals surface area contributed by atoms with Crippen molar-refractivity contribution in [1.82, 2.24) is 14.9 Å². The number of anilines is 1. The van der Waals surface area contributed by atoms with E-state index in [0.717, 1.165) is 44.0 Å². The van der Waals surface area contributed by atoms with E-state index in [1.165, 1.54) is 0 Å². The third-order valence-electron chi connectivity index (χ3n) is 4.23. The van der Waals surface area contributed by atoms with E-state index in [9.17, 15) is 4.79 Å². The molecule has 8 nitrogen and oxygen atoms in total. The van der Waals surface area contributed by atoms with Gasteiger partial charge in [-0.25, -0.2) is 14.8 Å². The molecule has 0 bridgehead atoms. The van der Waals surface area contributed by atoms with Gasteiger partial charge in [0.05, 0.1) is 13.2 Å². The number of ether oxygens (including phenoxy) is 3. The van der Waals surface area contributed by atoms with E-state index in [2.05, 4.69) is 20.2 Å². The van der Waals surface area contributed by atoms with Crippen LogP contribution < -0.4 is 10.1 Å². The highest BCUT2D eigenvalue weighted by Gasteiger charge is 2.16. The molecule has 1 saturated heterocycles. The minimum absolute atomic E-state index is 0.366. The van der Waals surface area contributed by atoms with Crippen LogP contribution in [0.1, 0.15) is 20.8 Å². The third kappa shape index (κ3) is 6.99. The Balaban J connectivity index is 1.49. The summed E-state index contributed by atoms with van der Waals surface area (Å²) < 4.78 is 16.2. The van der Waals surface area contributed by atoms with E-state index in [-0.39, 0.29) is 0 Å². The highest BCUT2D eigenvalue weighted by molar-refractivity contribution is 5.85. The molecule has 156 valence electrons. The summed E-state index contributed by atoms with van der Waals surface area (Å²) in [4.78, 5) is 22.7. The van der Waals surface area contributed by atoms with Crippen molar-refractivity contribution in [3.8, 4) is 17.1 Å². The maximum absolute atomic E-state index is 11.8. The molecule has 29 heavy (non-hydrogen) atoms. The molecule has 1 aliphatic rings. The molecule has 1 N–H and O–H groups in total. The lowest BCUT2D eigenvalue weighted by Gasteiger charge is -2.26. The lowest BCUT2D eigenvalue weighted by molar-refractivity contribution is 0.0317. The maximum Gasteiger partial charge on any atom is 0.412 e. The lowest BCUT2D eigenvalue weighted by Crippen LogP contribution is -2.38. The number of carbonyl (C=O) groups excluding carboxylic acids is 1. The van der Waals surface area contributed by atoms with Gasteiger partial charge in [0.15, 0.2) is 0 Å². The molecule has 0 atom stereocenters.